The van der Waals surface area contributed by atoms with Crippen molar-refractivity contribution in [1.82, 2.24) is 15.2 Å². The number of benzene rings is 1. The predicted octanol–water partition coefficient (Wildman–Crippen LogP) is 2.93. The fourth-order valence-electron chi connectivity index (χ4n) is 1.77. The second kappa shape index (κ2) is 6.41. The average Bonchev–Trinajstić information content (AvgIpc) is 3.00. The lowest BCUT2D eigenvalue weighted by Crippen LogP contribution is -2.39. The van der Waals surface area contributed by atoms with E-state index in [1.807, 2.05) is 0 Å². The number of aromatic amines is 1. The van der Waals surface area contributed by atoms with Crippen LogP contribution in [-0.4, -0.2) is 33.1 Å². The number of alkyl halides is 1. The molecule has 2 unspecified atom stereocenters. The number of aromatic nitrogens is 3. The molecule has 0 aliphatic heterocycles. The summed E-state index contributed by atoms with van der Waals surface area (Å²) >= 11 is 5.82. The third-order valence-electron chi connectivity index (χ3n) is 3.21. The summed E-state index contributed by atoms with van der Waals surface area (Å²) in [6.45, 7) is 2.54. The molecule has 5 nitrogen and oxygen atoms in total. The molecule has 0 saturated heterocycles. The Kier molecular flexibility index (Phi) is 4.80. The van der Waals surface area contributed by atoms with Crippen LogP contribution in [0.5, 0.6) is 5.75 Å². The van der Waals surface area contributed by atoms with Crippen LogP contribution in [0.1, 0.15) is 25.8 Å². The number of halogens is 2. The zero-order chi connectivity index (χ0) is 15.5. The fraction of sp³-hybridized carbons (Fsp3) is 0.429. The number of aliphatic hydroxyl groups is 1. The Morgan fingerprint density at radius 1 is 1.38 bits per heavy atom. The van der Waals surface area contributed by atoms with Crippen molar-refractivity contribution in [3.05, 3.63) is 41.4 Å². The summed E-state index contributed by atoms with van der Waals surface area (Å²) in [5.74, 6) is 0.827. The highest BCUT2D eigenvalue weighted by molar-refractivity contribution is 6.30. The zero-order valence-corrected chi connectivity index (χ0v) is 12.5. The smallest absolute Gasteiger partial charge is 0.184 e. The first-order valence-corrected chi connectivity index (χ1v) is 6.83. The van der Waals surface area contributed by atoms with E-state index in [9.17, 15) is 9.50 Å². The first kappa shape index (κ1) is 15.7. The SMILES string of the molecule is CC(C)(CF)C(O)C(Oc1ccc(Cl)cc1)c1ncn[nH]1. The van der Waals surface area contributed by atoms with E-state index in [1.165, 1.54) is 6.33 Å². The van der Waals surface area contributed by atoms with E-state index in [2.05, 4.69) is 15.2 Å². The Balaban J connectivity index is 2.27. The molecule has 0 amide bonds. The summed E-state index contributed by atoms with van der Waals surface area (Å²) < 4.78 is 18.9. The number of H-pyrrole nitrogens is 1. The average molecular weight is 314 g/mol. The van der Waals surface area contributed by atoms with Crippen molar-refractivity contribution < 1.29 is 14.2 Å². The van der Waals surface area contributed by atoms with Crippen LogP contribution in [0.3, 0.4) is 0 Å². The van der Waals surface area contributed by atoms with Gasteiger partial charge >= 0.3 is 0 Å². The van der Waals surface area contributed by atoms with Gasteiger partial charge in [-0.25, -0.2) is 4.98 Å². The van der Waals surface area contributed by atoms with Crippen molar-refractivity contribution in [2.24, 2.45) is 5.41 Å². The first-order chi connectivity index (χ1) is 9.94. The zero-order valence-electron chi connectivity index (χ0n) is 11.8. The molecule has 0 bridgehead atoms. The molecule has 1 heterocycles. The Hall–Kier alpha value is -1.66. The summed E-state index contributed by atoms with van der Waals surface area (Å²) in [5.41, 5.74) is -0.982. The maximum Gasteiger partial charge on any atom is 0.184 e. The van der Waals surface area contributed by atoms with E-state index >= 15 is 0 Å². The van der Waals surface area contributed by atoms with E-state index in [1.54, 1.807) is 38.1 Å². The molecule has 0 aliphatic carbocycles. The number of hydrogen-bond acceptors (Lipinski definition) is 4. The largest absolute Gasteiger partial charge is 0.480 e. The molecular formula is C14H17ClFN3O2. The molecule has 1 aromatic carbocycles. The molecule has 0 saturated carbocycles. The fourth-order valence-corrected chi connectivity index (χ4v) is 1.90. The molecule has 2 atom stereocenters. The summed E-state index contributed by atoms with van der Waals surface area (Å²) in [7, 11) is 0. The second-order valence-corrected chi connectivity index (χ2v) is 5.87. The van der Waals surface area contributed by atoms with Gasteiger partial charge in [-0.1, -0.05) is 25.4 Å². The summed E-state index contributed by atoms with van der Waals surface area (Å²) in [6, 6.07) is 6.67. The van der Waals surface area contributed by atoms with Crippen LogP contribution in [0.15, 0.2) is 30.6 Å². The normalized spacial score (nSPS) is 14.7. The highest BCUT2D eigenvalue weighted by Gasteiger charge is 2.38. The van der Waals surface area contributed by atoms with Gasteiger partial charge in [-0.2, -0.15) is 5.10 Å². The van der Waals surface area contributed by atoms with Gasteiger partial charge in [0.1, 0.15) is 18.2 Å². The van der Waals surface area contributed by atoms with E-state index in [4.69, 9.17) is 16.3 Å². The number of rotatable bonds is 6. The van der Waals surface area contributed by atoms with E-state index in [0.29, 0.717) is 16.6 Å². The molecular weight excluding hydrogens is 297 g/mol. The minimum atomic E-state index is -1.11. The van der Waals surface area contributed by atoms with Gasteiger partial charge in [0.05, 0.1) is 6.67 Å². The monoisotopic (exact) mass is 313 g/mol. The van der Waals surface area contributed by atoms with Crippen LogP contribution in [0.4, 0.5) is 4.39 Å². The molecule has 2 aromatic rings. The van der Waals surface area contributed by atoms with Crippen molar-refractivity contribution in [3.8, 4) is 5.75 Å². The molecule has 0 spiro atoms. The number of nitrogens with zero attached hydrogens (tertiary/aromatic N) is 2. The number of hydrogen-bond donors (Lipinski definition) is 2. The van der Waals surface area contributed by atoms with E-state index in [-0.39, 0.29) is 0 Å². The second-order valence-electron chi connectivity index (χ2n) is 5.43. The van der Waals surface area contributed by atoms with Gasteiger partial charge in [-0.15, -0.1) is 0 Å². The third kappa shape index (κ3) is 3.71. The van der Waals surface area contributed by atoms with Crippen molar-refractivity contribution in [2.75, 3.05) is 6.67 Å². The Morgan fingerprint density at radius 2 is 2.05 bits per heavy atom. The van der Waals surface area contributed by atoms with Crippen LogP contribution in [-0.2, 0) is 0 Å². The lowest BCUT2D eigenvalue weighted by molar-refractivity contribution is -0.0531. The Labute approximate surface area is 127 Å². The third-order valence-corrected chi connectivity index (χ3v) is 3.46. The van der Waals surface area contributed by atoms with Crippen LogP contribution in [0, 0.1) is 5.41 Å². The highest BCUT2D eigenvalue weighted by atomic mass is 35.5. The quantitative estimate of drug-likeness (QED) is 0.860. The Bertz CT molecular complexity index is 560. The standard InChI is InChI=1S/C14H17ClFN3O2/c1-14(2,7-16)12(20)11(13-17-8-18-19-13)21-10-5-3-9(15)4-6-10/h3-6,8,11-12,20H,7H2,1-2H3,(H,17,18,19). The minimum Gasteiger partial charge on any atom is -0.480 e. The van der Waals surface area contributed by atoms with Crippen LogP contribution >= 0.6 is 11.6 Å². The van der Waals surface area contributed by atoms with Gasteiger partial charge in [-0.05, 0) is 24.3 Å². The molecule has 0 aliphatic rings. The van der Waals surface area contributed by atoms with Crippen molar-refractivity contribution in [1.29, 1.82) is 0 Å². The van der Waals surface area contributed by atoms with Gasteiger partial charge in [0.25, 0.3) is 0 Å². The van der Waals surface area contributed by atoms with Gasteiger partial charge in [0.2, 0.25) is 0 Å². The molecule has 0 radical (unpaired) electrons. The summed E-state index contributed by atoms with van der Waals surface area (Å²) in [5, 5.41) is 17.4. The number of aliphatic hydroxyl groups excluding tert-OH is 1. The summed E-state index contributed by atoms with van der Waals surface area (Å²) in [4.78, 5) is 4.00. The predicted molar refractivity (Wildman–Crippen MR) is 77.0 cm³/mol. The summed E-state index contributed by atoms with van der Waals surface area (Å²) in [6.07, 6.45) is -0.659. The lowest BCUT2D eigenvalue weighted by Gasteiger charge is -2.32. The molecule has 2 rings (SSSR count). The van der Waals surface area contributed by atoms with Gasteiger partial charge in [-0.3, -0.25) is 9.49 Å². The van der Waals surface area contributed by atoms with E-state index in [0.717, 1.165) is 0 Å². The topological polar surface area (TPSA) is 71.0 Å². The molecule has 114 valence electrons. The van der Waals surface area contributed by atoms with Crippen LogP contribution < -0.4 is 4.74 Å². The molecule has 0 fully saturated rings. The van der Waals surface area contributed by atoms with Crippen molar-refractivity contribution >= 4 is 11.6 Å². The molecule has 2 N–H and O–H groups in total. The minimum absolute atomic E-state index is 0.332. The molecule has 1 aromatic heterocycles. The Morgan fingerprint density at radius 3 is 2.57 bits per heavy atom. The lowest BCUT2D eigenvalue weighted by atomic mass is 9.84. The maximum atomic E-state index is 13.1. The van der Waals surface area contributed by atoms with E-state index < -0.39 is 24.3 Å². The maximum absolute atomic E-state index is 13.1. The number of nitrogens with one attached hydrogen (secondary N) is 1. The van der Waals surface area contributed by atoms with Gasteiger partial charge < -0.3 is 9.84 Å². The van der Waals surface area contributed by atoms with Crippen LogP contribution in [0.25, 0.3) is 0 Å². The van der Waals surface area contributed by atoms with Crippen LogP contribution in [0.2, 0.25) is 5.02 Å². The molecule has 7 heteroatoms. The first-order valence-electron chi connectivity index (χ1n) is 6.45. The van der Waals surface area contributed by atoms with Crippen molar-refractivity contribution in [2.45, 2.75) is 26.1 Å². The highest BCUT2D eigenvalue weighted by Crippen LogP contribution is 2.33. The van der Waals surface area contributed by atoms with Gasteiger partial charge in [0.15, 0.2) is 11.9 Å². The number of ether oxygens (including phenoxy) is 1. The van der Waals surface area contributed by atoms with Gasteiger partial charge in [0, 0.05) is 10.4 Å². The molecule has 21 heavy (non-hydrogen) atoms. The van der Waals surface area contributed by atoms with Crippen molar-refractivity contribution in [3.63, 3.8) is 0 Å².